The van der Waals surface area contributed by atoms with E-state index in [1.807, 2.05) is 13.8 Å². The maximum Gasteiger partial charge on any atom is 0.251 e. The van der Waals surface area contributed by atoms with Crippen LogP contribution in [0, 0.1) is 0 Å². The highest BCUT2D eigenvalue weighted by molar-refractivity contribution is 7.17. The third kappa shape index (κ3) is 3.79. The fourth-order valence-electron chi connectivity index (χ4n) is 3.70. The highest BCUT2D eigenvalue weighted by Crippen LogP contribution is 2.37. The Morgan fingerprint density at radius 3 is 2.58 bits per heavy atom. The molecule has 2 amide bonds. The van der Waals surface area contributed by atoms with Crippen molar-refractivity contribution in [2.24, 2.45) is 5.73 Å². The van der Waals surface area contributed by atoms with Gasteiger partial charge in [0.2, 0.25) is 5.91 Å². The normalized spacial score (nSPS) is 24.4. The quantitative estimate of drug-likeness (QED) is 0.866. The summed E-state index contributed by atoms with van der Waals surface area (Å²) in [6, 6.07) is 0. The minimum Gasteiger partial charge on any atom is -0.373 e. The van der Waals surface area contributed by atoms with Crippen molar-refractivity contribution in [3.05, 3.63) is 16.0 Å². The number of nitrogens with zero attached hydrogens (tertiary/aromatic N) is 1. The molecule has 2 unspecified atom stereocenters. The molecule has 6 nitrogen and oxygen atoms in total. The molecule has 1 aliphatic carbocycles. The number of nitrogens with one attached hydrogen (secondary N) is 1. The molecule has 0 saturated carbocycles. The van der Waals surface area contributed by atoms with E-state index in [-0.39, 0.29) is 18.1 Å². The molecular formula is C17H25N3O3S. The van der Waals surface area contributed by atoms with Gasteiger partial charge in [-0.3, -0.25) is 14.5 Å². The summed E-state index contributed by atoms with van der Waals surface area (Å²) in [5.74, 6) is -0.546. The van der Waals surface area contributed by atoms with Crippen LogP contribution in [0.15, 0.2) is 0 Å². The van der Waals surface area contributed by atoms with E-state index in [1.165, 1.54) is 16.2 Å². The first kappa shape index (κ1) is 17.4. The van der Waals surface area contributed by atoms with Crippen molar-refractivity contribution in [1.82, 2.24) is 4.90 Å². The lowest BCUT2D eigenvalue weighted by atomic mass is 9.95. The number of ether oxygens (including phenoxy) is 1. The Bertz CT molecular complexity index is 633. The van der Waals surface area contributed by atoms with E-state index in [1.54, 1.807) is 0 Å². The predicted molar refractivity (Wildman–Crippen MR) is 94.6 cm³/mol. The maximum atomic E-state index is 12.4. The van der Waals surface area contributed by atoms with Crippen molar-refractivity contribution in [1.29, 1.82) is 0 Å². The van der Waals surface area contributed by atoms with Crippen molar-refractivity contribution >= 4 is 28.2 Å². The second kappa shape index (κ2) is 7.21. The van der Waals surface area contributed by atoms with Gasteiger partial charge in [0.25, 0.3) is 5.91 Å². The van der Waals surface area contributed by atoms with Crippen LogP contribution in [-0.4, -0.2) is 48.6 Å². The van der Waals surface area contributed by atoms with Crippen molar-refractivity contribution in [2.45, 2.75) is 51.7 Å². The van der Waals surface area contributed by atoms with Crippen LogP contribution in [-0.2, 0) is 22.4 Å². The van der Waals surface area contributed by atoms with Gasteiger partial charge in [0.1, 0.15) is 5.00 Å². The third-order valence-corrected chi connectivity index (χ3v) is 5.74. The molecule has 2 aliphatic rings. The number of amides is 2. The summed E-state index contributed by atoms with van der Waals surface area (Å²) in [7, 11) is 0. The zero-order valence-corrected chi connectivity index (χ0v) is 15.1. The van der Waals surface area contributed by atoms with Gasteiger partial charge < -0.3 is 15.8 Å². The zero-order valence-electron chi connectivity index (χ0n) is 14.3. The number of morpholine rings is 1. The van der Waals surface area contributed by atoms with Gasteiger partial charge in [-0.2, -0.15) is 0 Å². The van der Waals surface area contributed by atoms with Crippen LogP contribution in [0.4, 0.5) is 5.00 Å². The first-order chi connectivity index (χ1) is 11.4. The number of primary amides is 1. The molecule has 0 spiro atoms. The van der Waals surface area contributed by atoms with Crippen molar-refractivity contribution in [2.75, 3.05) is 25.0 Å². The maximum absolute atomic E-state index is 12.4. The van der Waals surface area contributed by atoms with Gasteiger partial charge in [-0.1, -0.05) is 0 Å². The number of carbonyl (C=O) groups excluding carboxylic acids is 2. The van der Waals surface area contributed by atoms with Gasteiger partial charge in [-0.05, 0) is 45.1 Å². The van der Waals surface area contributed by atoms with Crippen LogP contribution in [0.1, 0.15) is 47.5 Å². The summed E-state index contributed by atoms with van der Waals surface area (Å²) < 4.78 is 5.69. The highest BCUT2D eigenvalue weighted by Gasteiger charge is 2.27. The average molecular weight is 351 g/mol. The standard InChI is InChI=1S/C17H25N3O3S/c1-10-7-20(8-11(2)23-10)9-14(21)19-17-15(16(18)22)12-5-3-4-6-13(12)24-17/h10-11H,3-9H2,1-2H3,(H2,18,22)(H,19,21). The summed E-state index contributed by atoms with van der Waals surface area (Å²) in [5.41, 5.74) is 7.13. The van der Waals surface area contributed by atoms with Crippen molar-refractivity contribution in [3.8, 4) is 0 Å². The van der Waals surface area contributed by atoms with Crippen LogP contribution in [0.5, 0.6) is 0 Å². The second-order valence-corrected chi connectivity index (χ2v) is 7.88. The van der Waals surface area contributed by atoms with E-state index >= 15 is 0 Å². The number of rotatable bonds is 4. The number of thiophene rings is 1. The topological polar surface area (TPSA) is 84.7 Å². The van der Waals surface area contributed by atoms with E-state index < -0.39 is 5.91 Å². The zero-order chi connectivity index (χ0) is 17.3. The molecule has 24 heavy (non-hydrogen) atoms. The molecule has 3 N–H and O–H groups in total. The Labute approximate surface area is 146 Å². The van der Waals surface area contributed by atoms with Gasteiger partial charge in [0.05, 0.1) is 24.3 Å². The van der Waals surface area contributed by atoms with Crippen LogP contribution in [0.25, 0.3) is 0 Å². The van der Waals surface area contributed by atoms with E-state index in [0.717, 1.165) is 44.3 Å². The SMILES string of the molecule is CC1CN(CC(=O)Nc2sc3c(c2C(N)=O)CCCC3)CC(C)O1. The lowest BCUT2D eigenvalue weighted by molar-refractivity contribution is -0.121. The Balaban J connectivity index is 1.70. The lowest BCUT2D eigenvalue weighted by Gasteiger charge is -2.34. The Morgan fingerprint density at radius 1 is 1.25 bits per heavy atom. The predicted octanol–water partition coefficient (Wildman–Crippen LogP) is 1.77. The fourth-order valence-corrected chi connectivity index (χ4v) is 5.01. The van der Waals surface area contributed by atoms with Crippen LogP contribution in [0.2, 0.25) is 0 Å². The highest BCUT2D eigenvalue weighted by atomic mass is 32.1. The van der Waals surface area contributed by atoms with Crippen LogP contribution in [0.3, 0.4) is 0 Å². The Morgan fingerprint density at radius 2 is 1.92 bits per heavy atom. The lowest BCUT2D eigenvalue weighted by Crippen LogP contribution is -2.48. The van der Waals surface area contributed by atoms with Crippen LogP contribution < -0.4 is 11.1 Å². The van der Waals surface area contributed by atoms with E-state index in [4.69, 9.17) is 10.5 Å². The largest absolute Gasteiger partial charge is 0.373 e. The fraction of sp³-hybridized carbons (Fsp3) is 0.647. The second-order valence-electron chi connectivity index (χ2n) is 6.78. The Hall–Kier alpha value is -1.44. The first-order valence-electron chi connectivity index (χ1n) is 8.56. The molecule has 1 saturated heterocycles. The van der Waals surface area contributed by atoms with Gasteiger partial charge in [0, 0.05) is 18.0 Å². The average Bonchev–Trinajstić information content (AvgIpc) is 2.83. The molecule has 3 rings (SSSR count). The monoisotopic (exact) mass is 351 g/mol. The number of aryl methyl sites for hydroxylation is 1. The van der Waals surface area contributed by atoms with Gasteiger partial charge in [0.15, 0.2) is 0 Å². The summed E-state index contributed by atoms with van der Waals surface area (Å²) in [6.45, 7) is 5.81. The van der Waals surface area contributed by atoms with Gasteiger partial charge in [-0.15, -0.1) is 11.3 Å². The van der Waals surface area contributed by atoms with E-state index in [0.29, 0.717) is 17.1 Å². The van der Waals surface area contributed by atoms with Crippen LogP contribution >= 0.6 is 11.3 Å². The molecule has 2 heterocycles. The minimum atomic E-state index is -0.446. The number of fused-ring (bicyclic) bond motifs is 1. The first-order valence-corrected chi connectivity index (χ1v) is 9.37. The van der Waals surface area contributed by atoms with E-state index in [9.17, 15) is 9.59 Å². The molecule has 1 fully saturated rings. The summed E-state index contributed by atoms with van der Waals surface area (Å²) >= 11 is 1.51. The molecule has 132 valence electrons. The number of nitrogens with two attached hydrogens (primary N) is 1. The molecule has 1 aromatic rings. The summed E-state index contributed by atoms with van der Waals surface area (Å²) in [5, 5.41) is 3.54. The molecule has 1 aromatic heterocycles. The molecule has 0 radical (unpaired) electrons. The number of anilines is 1. The molecule has 2 atom stereocenters. The molecule has 1 aliphatic heterocycles. The van der Waals surface area contributed by atoms with Gasteiger partial charge in [-0.25, -0.2) is 0 Å². The molecule has 0 bridgehead atoms. The summed E-state index contributed by atoms with van der Waals surface area (Å²) in [4.78, 5) is 27.6. The number of hydrogen-bond acceptors (Lipinski definition) is 5. The van der Waals surface area contributed by atoms with Crippen molar-refractivity contribution < 1.29 is 14.3 Å². The third-order valence-electron chi connectivity index (χ3n) is 4.53. The van der Waals surface area contributed by atoms with Crippen molar-refractivity contribution in [3.63, 3.8) is 0 Å². The molecular weight excluding hydrogens is 326 g/mol. The van der Waals surface area contributed by atoms with E-state index in [2.05, 4.69) is 10.2 Å². The smallest absolute Gasteiger partial charge is 0.251 e. The molecule has 0 aromatic carbocycles. The number of hydrogen-bond donors (Lipinski definition) is 2. The number of carbonyl (C=O) groups is 2. The Kier molecular flexibility index (Phi) is 5.22. The summed E-state index contributed by atoms with van der Waals surface area (Å²) in [6.07, 6.45) is 4.28. The minimum absolute atomic E-state index is 0.0996. The van der Waals surface area contributed by atoms with Gasteiger partial charge >= 0.3 is 0 Å². The molecule has 7 heteroatoms.